The molecule has 0 bridgehead atoms. The lowest BCUT2D eigenvalue weighted by atomic mass is 9.99. The van der Waals surface area contributed by atoms with Crippen LogP contribution in [-0.4, -0.2) is 44.3 Å². The SMILES string of the molecule is c1cnc(OCC2CCCN(c3nccn4nc(C5CC5)cc34)C2)cn1. The maximum Gasteiger partial charge on any atom is 0.232 e. The zero-order valence-corrected chi connectivity index (χ0v) is 14.7. The summed E-state index contributed by atoms with van der Waals surface area (Å²) in [6.45, 7) is 2.63. The van der Waals surface area contributed by atoms with Crippen molar-refractivity contribution < 1.29 is 4.74 Å². The van der Waals surface area contributed by atoms with Gasteiger partial charge in [0.2, 0.25) is 5.88 Å². The molecule has 3 aromatic heterocycles. The molecule has 0 amide bonds. The number of anilines is 1. The average molecular weight is 350 g/mol. The first-order valence-electron chi connectivity index (χ1n) is 9.35. The van der Waals surface area contributed by atoms with E-state index in [9.17, 15) is 0 Å². The largest absolute Gasteiger partial charge is 0.476 e. The second kappa shape index (κ2) is 6.55. The molecule has 2 aliphatic rings. The summed E-state index contributed by atoms with van der Waals surface area (Å²) < 4.78 is 7.80. The molecule has 134 valence electrons. The van der Waals surface area contributed by atoms with Crippen LogP contribution in [0.4, 0.5) is 5.82 Å². The van der Waals surface area contributed by atoms with E-state index < -0.39 is 0 Å². The van der Waals surface area contributed by atoms with Crippen LogP contribution in [0.3, 0.4) is 0 Å². The van der Waals surface area contributed by atoms with Crippen molar-refractivity contribution in [2.24, 2.45) is 5.92 Å². The van der Waals surface area contributed by atoms with Crippen molar-refractivity contribution in [3.05, 3.63) is 42.7 Å². The molecule has 1 aliphatic carbocycles. The standard InChI is InChI=1S/C19H22N6O/c1-2-14(13-26-18-11-20-5-6-21-18)12-24(8-1)19-17-10-16(15-3-4-15)23-25(17)9-7-22-19/h5-7,9-11,14-15H,1-4,8,12-13H2. The molecule has 0 spiro atoms. The van der Waals surface area contributed by atoms with Crippen LogP contribution in [0, 0.1) is 5.92 Å². The van der Waals surface area contributed by atoms with Crippen molar-refractivity contribution in [3.63, 3.8) is 0 Å². The van der Waals surface area contributed by atoms with E-state index in [1.54, 1.807) is 18.6 Å². The van der Waals surface area contributed by atoms with Crippen molar-refractivity contribution >= 4 is 11.3 Å². The van der Waals surface area contributed by atoms with Crippen molar-refractivity contribution in [1.82, 2.24) is 24.6 Å². The van der Waals surface area contributed by atoms with E-state index >= 15 is 0 Å². The second-order valence-electron chi connectivity index (χ2n) is 7.23. The molecular weight excluding hydrogens is 328 g/mol. The zero-order chi connectivity index (χ0) is 17.3. The van der Waals surface area contributed by atoms with Gasteiger partial charge in [-0.25, -0.2) is 14.5 Å². The summed E-state index contributed by atoms with van der Waals surface area (Å²) >= 11 is 0. The van der Waals surface area contributed by atoms with Gasteiger partial charge < -0.3 is 9.64 Å². The third kappa shape index (κ3) is 3.09. The van der Waals surface area contributed by atoms with Crippen molar-refractivity contribution in [2.45, 2.75) is 31.6 Å². The van der Waals surface area contributed by atoms with E-state index in [1.165, 1.54) is 18.5 Å². The van der Waals surface area contributed by atoms with E-state index in [4.69, 9.17) is 9.84 Å². The number of fused-ring (bicyclic) bond motifs is 1. The van der Waals surface area contributed by atoms with Crippen LogP contribution < -0.4 is 9.64 Å². The van der Waals surface area contributed by atoms with E-state index in [2.05, 4.69) is 25.9 Å². The summed E-state index contributed by atoms with van der Waals surface area (Å²) in [7, 11) is 0. The highest BCUT2D eigenvalue weighted by Gasteiger charge is 2.28. The van der Waals surface area contributed by atoms with Crippen LogP contribution >= 0.6 is 0 Å². The summed E-state index contributed by atoms with van der Waals surface area (Å²) in [4.78, 5) is 15.3. The number of rotatable bonds is 5. The molecule has 7 heteroatoms. The first-order valence-corrected chi connectivity index (χ1v) is 9.35. The monoisotopic (exact) mass is 350 g/mol. The predicted octanol–water partition coefficient (Wildman–Crippen LogP) is 2.69. The van der Waals surface area contributed by atoms with Gasteiger partial charge in [0.25, 0.3) is 0 Å². The van der Waals surface area contributed by atoms with Gasteiger partial charge in [-0.05, 0) is 31.7 Å². The molecule has 26 heavy (non-hydrogen) atoms. The lowest BCUT2D eigenvalue weighted by Crippen LogP contribution is -2.38. The molecule has 0 N–H and O–H groups in total. The minimum Gasteiger partial charge on any atom is -0.476 e. The quantitative estimate of drug-likeness (QED) is 0.705. The van der Waals surface area contributed by atoms with Crippen molar-refractivity contribution in [2.75, 3.05) is 24.6 Å². The molecule has 1 unspecified atom stereocenters. The number of hydrogen-bond acceptors (Lipinski definition) is 6. The maximum absolute atomic E-state index is 5.82. The van der Waals surface area contributed by atoms with Crippen LogP contribution in [0.1, 0.15) is 37.3 Å². The molecule has 3 aromatic rings. The molecule has 4 heterocycles. The van der Waals surface area contributed by atoms with Crippen LogP contribution in [-0.2, 0) is 0 Å². The number of aromatic nitrogens is 5. The van der Waals surface area contributed by atoms with Gasteiger partial charge in [-0.3, -0.25) is 4.98 Å². The minimum absolute atomic E-state index is 0.457. The Hall–Kier alpha value is -2.70. The summed E-state index contributed by atoms with van der Waals surface area (Å²) in [5.74, 6) is 2.74. The summed E-state index contributed by atoms with van der Waals surface area (Å²) in [5, 5.41) is 4.74. The number of hydrogen-bond donors (Lipinski definition) is 0. The Morgan fingerprint density at radius 3 is 2.92 bits per heavy atom. The highest BCUT2D eigenvalue weighted by molar-refractivity contribution is 5.69. The predicted molar refractivity (Wildman–Crippen MR) is 97.4 cm³/mol. The molecule has 1 aliphatic heterocycles. The van der Waals surface area contributed by atoms with E-state index in [0.29, 0.717) is 24.3 Å². The van der Waals surface area contributed by atoms with Gasteiger partial charge in [0.05, 0.1) is 18.5 Å². The van der Waals surface area contributed by atoms with Crippen LogP contribution in [0.15, 0.2) is 37.1 Å². The molecule has 1 saturated heterocycles. The third-order valence-corrected chi connectivity index (χ3v) is 5.21. The van der Waals surface area contributed by atoms with E-state index in [0.717, 1.165) is 37.3 Å². The molecule has 2 fully saturated rings. The molecule has 0 radical (unpaired) electrons. The fourth-order valence-electron chi connectivity index (χ4n) is 3.71. The lowest BCUT2D eigenvalue weighted by molar-refractivity contribution is 0.221. The third-order valence-electron chi connectivity index (χ3n) is 5.21. The van der Waals surface area contributed by atoms with Crippen molar-refractivity contribution in [3.8, 4) is 5.88 Å². The average Bonchev–Trinajstić information content (AvgIpc) is 3.45. The molecule has 1 atom stereocenters. The number of ether oxygens (including phenoxy) is 1. The van der Waals surface area contributed by atoms with Crippen molar-refractivity contribution in [1.29, 1.82) is 0 Å². The Kier molecular flexibility index (Phi) is 3.92. The summed E-state index contributed by atoms with van der Waals surface area (Å²) in [6.07, 6.45) is 13.6. The second-order valence-corrected chi connectivity index (χ2v) is 7.23. The first-order chi connectivity index (χ1) is 12.9. The van der Waals surface area contributed by atoms with Gasteiger partial charge in [0, 0.05) is 49.7 Å². The molecule has 7 nitrogen and oxygen atoms in total. The van der Waals surface area contributed by atoms with Gasteiger partial charge in [-0.15, -0.1) is 0 Å². The van der Waals surface area contributed by atoms with E-state index in [-0.39, 0.29) is 0 Å². The number of nitrogens with zero attached hydrogens (tertiary/aromatic N) is 6. The fourth-order valence-corrected chi connectivity index (χ4v) is 3.71. The Morgan fingerprint density at radius 1 is 1.12 bits per heavy atom. The summed E-state index contributed by atoms with van der Waals surface area (Å²) in [5.41, 5.74) is 2.32. The molecule has 1 saturated carbocycles. The van der Waals surface area contributed by atoms with E-state index in [1.807, 2.05) is 16.9 Å². The Balaban J connectivity index is 1.32. The Labute approximate surface area is 152 Å². The fraction of sp³-hybridized carbons (Fsp3) is 0.474. The highest BCUT2D eigenvalue weighted by Crippen LogP contribution is 2.40. The number of piperidine rings is 1. The molecule has 0 aromatic carbocycles. The van der Waals surface area contributed by atoms with Crippen LogP contribution in [0.2, 0.25) is 0 Å². The molecule has 5 rings (SSSR count). The zero-order valence-electron chi connectivity index (χ0n) is 14.7. The van der Waals surface area contributed by atoms with Crippen LogP contribution in [0.5, 0.6) is 5.88 Å². The maximum atomic E-state index is 5.82. The van der Waals surface area contributed by atoms with Gasteiger partial charge in [0.15, 0.2) is 5.82 Å². The van der Waals surface area contributed by atoms with Gasteiger partial charge in [-0.1, -0.05) is 0 Å². The van der Waals surface area contributed by atoms with Gasteiger partial charge >= 0.3 is 0 Å². The smallest absolute Gasteiger partial charge is 0.232 e. The van der Waals surface area contributed by atoms with Gasteiger partial charge in [0.1, 0.15) is 5.52 Å². The molecular formula is C19H22N6O. The van der Waals surface area contributed by atoms with Crippen LogP contribution in [0.25, 0.3) is 5.52 Å². The first kappa shape index (κ1) is 15.5. The lowest BCUT2D eigenvalue weighted by Gasteiger charge is -2.33. The highest BCUT2D eigenvalue weighted by atomic mass is 16.5. The Bertz CT molecular complexity index is 891. The topological polar surface area (TPSA) is 68.4 Å². The minimum atomic E-state index is 0.457. The van der Waals surface area contributed by atoms with Gasteiger partial charge in [-0.2, -0.15) is 5.10 Å². The summed E-state index contributed by atoms with van der Waals surface area (Å²) in [6, 6.07) is 2.22. The normalized spacial score (nSPS) is 20.5. The Morgan fingerprint density at radius 2 is 2.08 bits per heavy atom.